The molecule has 0 aliphatic rings. The number of nitro benzene ring substituents is 1. The summed E-state index contributed by atoms with van der Waals surface area (Å²) in [5, 5.41) is 10.6. The zero-order valence-electron chi connectivity index (χ0n) is 11.0. The van der Waals surface area contributed by atoms with Crippen molar-refractivity contribution in [2.45, 2.75) is 19.4 Å². The maximum Gasteiger partial charge on any atom is 0.269 e. The van der Waals surface area contributed by atoms with Crippen LogP contribution in [0.2, 0.25) is 0 Å². The van der Waals surface area contributed by atoms with Crippen molar-refractivity contribution >= 4 is 5.69 Å². The Morgan fingerprint density at radius 1 is 1.25 bits per heavy atom. The first kappa shape index (κ1) is 14.1. The van der Waals surface area contributed by atoms with Gasteiger partial charge in [-0.1, -0.05) is 18.2 Å². The summed E-state index contributed by atoms with van der Waals surface area (Å²) in [5.41, 5.74) is 8.77. The molecule has 0 radical (unpaired) electrons. The quantitative estimate of drug-likeness (QED) is 0.687. The molecular weight excluding hydrogens is 259 g/mol. The molecule has 20 heavy (non-hydrogen) atoms. The van der Waals surface area contributed by atoms with Crippen molar-refractivity contribution in [2.75, 3.05) is 0 Å². The van der Waals surface area contributed by atoms with Gasteiger partial charge in [0.1, 0.15) is 5.82 Å². The van der Waals surface area contributed by atoms with E-state index in [0.29, 0.717) is 6.42 Å². The molecule has 5 heteroatoms. The summed E-state index contributed by atoms with van der Waals surface area (Å²) in [5.74, 6) is -0.284. The molecule has 0 saturated heterocycles. The Bertz CT molecular complexity index is 626. The number of hydrogen-bond acceptors (Lipinski definition) is 3. The molecule has 1 atom stereocenters. The molecule has 0 saturated carbocycles. The molecule has 4 nitrogen and oxygen atoms in total. The first-order valence-electron chi connectivity index (χ1n) is 6.22. The highest BCUT2D eigenvalue weighted by molar-refractivity contribution is 5.35. The fourth-order valence-electron chi connectivity index (χ4n) is 2.17. The zero-order valence-corrected chi connectivity index (χ0v) is 11.0. The third-order valence-corrected chi connectivity index (χ3v) is 3.23. The van der Waals surface area contributed by atoms with Gasteiger partial charge in [-0.05, 0) is 42.2 Å². The van der Waals surface area contributed by atoms with Crippen molar-refractivity contribution < 1.29 is 9.31 Å². The van der Waals surface area contributed by atoms with Crippen LogP contribution in [-0.4, -0.2) is 4.92 Å². The Morgan fingerprint density at radius 2 is 1.90 bits per heavy atom. The summed E-state index contributed by atoms with van der Waals surface area (Å²) in [6.45, 7) is 1.81. The molecule has 0 aliphatic carbocycles. The van der Waals surface area contributed by atoms with Crippen LogP contribution in [0, 0.1) is 22.9 Å². The van der Waals surface area contributed by atoms with E-state index < -0.39 is 4.92 Å². The van der Waals surface area contributed by atoms with Crippen molar-refractivity contribution in [3.63, 3.8) is 0 Å². The second kappa shape index (κ2) is 5.79. The fraction of sp³-hybridized carbons (Fsp3) is 0.200. The van der Waals surface area contributed by atoms with E-state index in [2.05, 4.69) is 0 Å². The van der Waals surface area contributed by atoms with Gasteiger partial charge in [0.15, 0.2) is 0 Å². The maximum atomic E-state index is 13.1. The average molecular weight is 274 g/mol. The number of non-ortho nitro benzene ring substituents is 1. The van der Waals surface area contributed by atoms with E-state index >= 15 is 0 Å². The summed E-state index contributed by atoms with van der Waals surface area (Å²) < 4.78 is 13.1. The third-order valence-electron chi connectivity index (χ3n) is 3.23. The predicted octanol–water partition coefficient (Wildman–Crippen LogP) is 3.28. The van der Waals surface area contributed by atoms with E-state index in [1.807, 2.05) is 6.92 Å². The topological polar surface area (TPSA) is 69.2 Å². The molecule has 0 fully saturated rings. The van der Waals surface area contributed by atoms with Crippen LogP contribution < -0.4 is 5.73 Å². The van der Waals surface area contributed by atoms with Crippen molar-refractivity contribution in [2.24, 2.45) is 5.73 Å². The summed E-state index contributed by atoms with van der Waals surface area (Å²) in [6, 6.07) is 10.5. The van der Waals surface area contributed by atoms with Crippen LogP contribution in [-0.2, 0) is 6.42 Å². The van der Waals surface area contributed by atoms with E-state index in [0.717, 1.165) is 16.7 Å². The van der Waals surface area contributed by atoms with Gasteiger partial charge in [0.2, 0.25) is 0 Å². The molecule has 0 aliphatic heterocycles. The van der Waals surface area contributed by atoms with Crippen LogP contribution >= 0.6 is 0 Å². The van der Waals surface area contributed by atoms with Crippen LogP contribution in [0.25, 0.3) is 0 Å². The predicted molar refractivity (Wildman–Crippen MR) is 74.9 cm³/mol. The Hall–Kier alpha value is -2.27. The summed E-state index contributed by atoms with van der Waals surface area (Å²) in [6.07, 6.45) is 0.546. The van der Waals surface area contributed by atoms with Crippen molar-refractivity contribution in [1.29, 1.82) is 0 Å². The van der Waals surface area contributed by atoms with Crippen LogP contribution in [0.15, 0.2) is 42.5 Å². The summed E-state index contributed by atoms with van der Waals surface area (Å²) >= 11 is 0. The number of nitrogens with two attached hydrogens (primary N) is 1. The molecule has 0 spiro atoms. The Labute approximate surface area is 116 Å². The minimum atomic E-state index is -0.437. The molecule has 0 bridgehead atoms. The molecule has 2 aromatic rings. The molecule has 0 aromatic heterocycles. The first-order chi connectivity index (χ1) is 9.47. The van der Waals surface area contributed by atoms with Gasteiger partial charge in [-0.2, -0.15) is 0 Å². The minimum absolute atomic E-state index is 0.0558. The molecule has 2 aromatic carbocycles. The monoisotopic (exact) mass is 274 g/mol. The smallest absolute Gasteiger partial charge is 0.269 e. The van der Waals surface area contributed by atoms with E-state index in [-0.39, 0.29) is 17.5 Å². The highest BCUT2D eigenvalue weighted by atomic mass is 19.1. The number of benzene rings is 2. The van der Waals surface area contributed by atoms with Gasteiger partial charge >= 0.3 is 0 Å². The molecule has 104 valence electrons. The van der Waals surface area contributed by atoms with Gasteiger partial charge < -0.3 is 5.73 Å². The lowest BCUT2D eigenvalue weighted by atomic mass is 9.96. The van der Waals surface area contributed by atoms with Gasteiger partial charge in [0.05, 0.1) is 4.92 Å². The average Bonchev–Trinajstić information content (AvgIpc) is 2.39. The Morgan fingerprint density at radius 3 is 2.45 bits per heavy atom. The SMILES string of the molecule is Cc1cc(F)ccc1C(N)Cc1ccc([N+](=O)[O-])cc1. The zero-order chi connectivity index (χ0) is 14.7. The van der Waals surface area contributed by atoms with Crippen LogP contribution in [0.1, 0.15) is 22.7 Å². The molecule has 2 rings (SSSR count). The second-order valence-corrected chi connectivity index (χ2v) is 4.74. The third kappa shape index (κ3) is 3.19. The van der Waals surface area contributed by atoms with Gasteiger partial charge in [0.25, 0.3) is 5.69 Å². The van der Waals surface area contributed by atoms with Gasteiger partial charge in [-0.15, -0.1) is 0 Å². The summed E-state index contributed by atoms with van der Waals surface area (Å²) in [7, 11) is 0. The number of halogens is 1. The van der Waals surface area contributed by atoms with Crippen LogP contribution in [0.3, 0.4) is 0 Å². The number of nitrogens with zero attached hydrogens (tertiary/aromatic N) is 1. The van der Waals surface area contributed by atoms with Gasteiger partial charge in [-0.25, -0.2) is 4.39 Å². The fourth-order valence-corrected chi connectivity index (χ4v) is 2.17. The molecule has 2 N–H and O–H groups in total. The summed E-state index contributed by atoms with van der Waals surface area (Å²) in [4.78, 5) is 10.1. The minimum Gasteiger partial charge on any atom is -0.324 e. The number of rotatable bonds is 4. The standard InChI is InChI=1S/C15H15FN2O2/c1-10-8-12(16)4-7-14(10)15(17)9-11-2-5-13(6-3-11)18(19)20/h2-8,15H,9,17H2,1H3. The van der Waals surface area contributed by atoms with E-state index in [1.54, 1.807) is 18.2 Å². The molecule has 1 unspecified atom stereocenters. The van der Waals surface area contributed by atoms with Gasteiger partial charge in [-0.3, -0.25) is 10.1 Å². The van der Waals surface area contributed by atoms with E-state index in [4.69, 9.17) is 5.73 Å². The second-order valence-electron chi connectivity index (χ2n) is 4.74. The van der Waals surface area contributed by atoms with Crippen LogP contribution in [0.5, 0.6) is 0 Å². The Kier molecular flexibility index (Phi) is 4.10. The largest absolute Gasteiger partial charge is 0.324 e. The lowest BCUT2D eigenvalue weighted by molar-refractivity contribution is -0.384. The van der Waals surface area contributed by atoms with E-state index in [9.17, 15) is 14.5 Å². The highest BCUT2D eigenvalue weighted by Gasteiger charge is 2.11. The van der Waals surface area contributed by atoms with Crippen molar-refractivity contribution in [1.82, 2.24) is 0 Å². The first-order valence-corrected chi connectivity index (χ1v) is 6.22. The lowest BCUT2D eigenvalue weighted by Gasteiger charge is -2.15. The molecule has 0 amide bonds. The van der Waals surface area contributed by atoms with Gasteiger partial charge in [0, 0.05) is 18.2 Å². The maximum absolute atomic E-state index is 13.1. The Balaban J connectivity index is 2.14. The molecule has 0 heterocycles. The normalized spacial score (nSPS) is 12.2. The molecular formula is C15H15FN2O2. The number of nitro groups is 1. The number of aryl methyl sites for hydroxylation is 1. The van der Waals surface area contributed by atoms with Crippen LogP contribution in [0.4, 0.5) is 10.1 Å². The van der Waals surface area contributed by atoms with E-state index in [1.165, 1.54) is 24.3 Å². The van der Waals surface area contributed by atoms with Crippen molar-refractivity contribution in [3.05, 3.63) is 75.1 Å². The number of hydrogen-bond donors (Lipinski definition) is 1. The van der Waals surface area contributed by atoms with Crippen molar-refractivity contribution in [3.8, 4) is 0 Å². The lowest BCUT2D eigenvalue weighted by Crippen LogP contribution is -2.14. The highest BCUT2D eigenvalue weighted by Crippen LogP contribution is 2.21.